The van der Waals surface area contributed by atoms with Gasteiger partial charge in [-0.25, -0.2) is 19.4 Å². The molecule has 0 aliphatic carbocycles. The first-order chi connectivity index (χ1) is 16.0. The van der Waals surface area contributed by atoms with Gasteiger partial charge in [-0.2, -0.15) is 10.5 Å². The van der Waals surface area contributed by atoms with Crippen molar-refractivity contribution < 1.29 is 38.6 Å². The van der Waals surface area contributed by atoms with E-state index in [-0.39, 0.29) is 25.7 Å². The molecule has 0 fully saturated rings. The molecule has 2 atom stereocenters. The molecule has 0 spiro atoms. The Morgan fingerprint density at radius 1 is 0.857 bits per heavy atom. The van der Waals surface area contributed by atoms with Crippen LogP contribution in [0.25, 0.3) is 0 Å². The first kappa shape index (κ1) is 33.6. The normalized spacial score (nSPS) is 12.3. The molecule has 0 rings (SSSR count). The summed E-state index contributed by atoms with van der Waals surface area (Å²) in [6.07, 6.45) is -1.03. The van der Waals surface area contributed by atoms with Crippen molar-refractivity contribution in [3.8, 4) is 12.1 Å². The summed E-state index contributed by atoms with van der Waals surface area (Å²) in [5.74, 6) is -1.62. The molecule has 0 saturated carbocycles. The molecule has 198 valence electrons. The standard InChI is InChI=1S/C12H21N3O4.C10H16N2O4/c1-12(2,3)19-11(17)14-9(7-6-8-13)10(16)15(4)18-5;1-10(2,3)16-9(15)12-7(8(13)14)5-4-6-11/h9H,6-7H2,1-5H3,(H,14,17);7H,4-5H2,1-3H3,(H,12,15)(H,13,14). The van der Waals surface area contributed by atoms with Crippen LogP contribution in [0.4, 0.5) is 9.59 Å². The smallest absolute Gasteiger partial charge is 0.408 e. The third kappa shape index (κ3) is 18.5. The Balaban J connectivity index is 0. The second kappa shape index (κ2) is 16.1. The quantitative estimate of drug-likeness (QED) is 0.397. The van der Waals surface area contributed by atoms with Crippen LogP contribution >= 0.6 is 0 Å². The number of carboxylic acid groups (broad SMARTS) is 1. The minimum atomic E-state index is -1.18. The van der Waals surface area contributed by atoms with E-state index < -0.39 is 47.3 Å². The number of amides is 3. The molecule has 0 aliphatic heterocycles. The van der Waals surface area contributed by atoms with Gasteiger partial charge in [0.15, 0.2) is 0 Å². The number of carboxylic acids is 1. The molecule has 3 N–H and O–H groups in total. The molecule has 13 nitrogen and oxygen atoms in total. The number of ether oxygens (including phenoxy) is 2. The summed E-state index contributed by atoms with van der Waals surface area (Å²) in [6.45, 7) is 10.2. The predicted octanol–water partition coefficient (Wildman–Crippen LogP) is 2.47. The second-order valence-corrected chi connectivity index (χ2v) is 9.15. The van der Waals surface area contributed by atoms with Gasteiger partial charge in [-0.05, 0) is 54.4 Å². The highest BCUT2D eigenvalue weighted by atomic mass is 16.7. The van der Waals surface area contributed by atoms with Crippen LogP contribution in [0.1, 0.15) is 67.2 Å². The van der Waals surface area contributed by atoms with E-state index in [1.807, 2.05) is 12.1 Å². The first-order valence-electron chi connectivity index (χ1n) is 10.7. The van der Waals surface area contributed by atoms with Gasteiger partial charge in [0, 0.05) is 19.9 Å². The molecule has 13 heteroatoms. The summed E-state index contributed by atoms with van der Waals surface area (Å²) >= 11 is 0. The summed E-state index contributed by atoms with van der Waals surface area (Å²) in [6, 6.07) is 1.81. The van der Waals surface area contributed by atoms with Crippen molar-refractivity contribution in [1.82, 2.24) is 15.7 Å². The first-order valence-corrected chi connectivity index (χ1v) is 10.7. The number of aliphatic carboxylic acids is 1. The number of carbonyl (C=O) groups excluding carboxylic acids is 3. The molecule has 0 aromatic rings. The lowest BCUT2D eigenvalue weighted by Crippen LogP contribution is -2.48. The highest BCUT2D eigenvalue weighted by Crippen LogP contribution is 2.09. The van der Waals surface area contributed by atoms with Gasteiger partial charge in [0.2, 0.25) is 0 Å². The zero-order chi connectivity index (χ0) is 27.8. The van der Waals surface area contributed by atoms with Gasteiger partial charge < -0.3 is 25.2 Å². The number of hydrogen-bond donors (Lipinski definition) is 3. The number of alkyl carbamates (subject to hydrolysis) is 2. The van der Waals surface area contributed by atoms with E-state index in [2.05, 4.69) is 10.6 Å². The number of nitriles is 2. The number of nitrogens with zero attached hydrogens (tertiary/aromatic N) is 3. The molecule has 0 heterocycles. The van der Waals surface area contributed by atoms with E-state index in [9.17, 15) is 19.2 Å². The van der Waals surface area contributed by atoms with Crippen molar-refractivity contribution in [3.05, 3.63) is 0 Å². The Labute approximate surface area is 206 Å². The zero-order valence-corrected chi connectivity index (χ0v) is 21.6. The molecule has 0 bridgehead atoms. The number of carbonyl (C=O) groups is 4. The summed E-state index contributed by atoms with van der Waals surface area (Å²) in [4.78, 5) is 50.3. The lowest BCUT2D eigenvalue weighted by Gasteiger charge is -2.24. The number of rotatable bonds is 9. The van der Waals surface area contributed by atoms with Gasteiger partial charge >= 0.3 is 18.2 Å². The summed E-state index contributed by atoms with van der Waals surface area (Å²) in [5, 5.41) is 31.3. The van der Waals surface area contributed by atoms with E-state index in [1.54, 1.807) is 41.5 Å². The average molecular weight is 500 g/mol. The number of nitrogens with one attached hydrogen (secondary N) is 2. The van der Waals surface area contributed by atoms with E-state index in [4.69, 9.17) is 29.9 Å². The van der Waals surface area contributed by atoms with Crippen molar-refractivity contribution in [2.45, 2.75) is 90.5 Å². The SMILES string of the molecule is CC(C)(C)OC(=O)NC(CCC#N)C(=O)O.CON(C)C(=O)C(CCC#N)NC(=O)OC(C)(C)C. The monoisotopic (exact) mass is 499 g/mol. The van der Waals surface area contributed by atoms with Crippen LogP contribution in [-0.4, -0.2) is 71.7 Å². The van der Waals surface area contributed by atoms with E-state index >= 15 is 0 Å². The van der Waals surface area contributed by atoms with E-state index in [0.717, 1.165) is 5.06 Å². The van der Waals surface area contributed by atoms with Crippen LogP contribution in [0.2, 0.25) is 0 Å². The summed E-state index contributed by atoms with van der Waals surface area (Å²) in [7, 11) is 2.77. The fourth-order valence-electron chi connectivity index (χ4n) is 2.14. The lowest BCUT2D eigenvalue weighted by atomic mass is 10.1. The van der Waals surface area contributed by atoms with Gasteiger partial charge in [-0.3, -0.25) is 9.63 Å². The molecule has 2 unspecified atom stereocenters. The molecular weight excluding hydrogens is 462 g/mol. The second-order valence-electron chi connectivity index (χ2n) is 9.15. The fourth-order valence-corrected chi connectivity index (χ4v) is 2.14. The number of likely N-dealkylation sites (N-methyl/N-ethyl adjacent to an activating group) is 1. The maximum atomic E-state index is 11.9. The molecule has 0 saturated heterocycles. The molecule has 0 aromatic carbocycles. The third-order valence-electron chi connectivity index (χ3n) is 3.65. The number of hydroxylamine groups is 2. The number of hydrogen-bond acceptors (Lipinski definition) is 9. The van der Waals surface area contributed by atoms with Crippen LogP contribution in [0.5, 0.6) is 0 Å². The molecule has 35 heavy (non-hydrogen) atoms. The van der Waals surface area contributed by atoms with Gasteiger partial charge in [0.05, 0.1) is 19.2 Å². The van der Waals surface area contributed by atoms with E-state index in [0.29, 0.717) is 0 Å². The van der Waals surface area contributed by atoms with Gasteiger partial charge in [0.25, 0.3) is 5.91 Å². The molecule has 0 aromatic heterocycles. The topological polar surface area (TPSA) is 191 Å². The van der Waals surface area contributed by atoms with Gasteiger partial charge in [-0.15, -0.1) is 0 Å². The van der Waals surface area contributed by atoms with Crippen LogP contribution in [0.15, 0.2) is 0 Å². The zero-order valence-electron chi connectivity index (χ0n) is 21.6. The maximum Gasteiger partial charge on any atom is 0.408 e. The molecule has 0 radical (unpaired) electrons. The summed E-state index contributed by atoms with van der Waals surface area (Å²) < 4.78 is 9.97. The fraction of sp³-hybridized carbons (Fsp3) is 0.727. The minimum absolute atomic E-state index is 0.0606. The molecule has 3 amide bonds. The highest BCUT2D eigenvalue weighted by Gasteiger charge is 2.26. The van der Waals surface area contributed by atoms with Crippen LogP contribution < -0.4 is 10.6 Å². The molecular formula is C22H37N5O8. The van der Waals surface area contributed by atoms with Crippen LogP contribution in [-0.2, 0) is 23.9 Å². The Bertz CT molecular complexity index is 790. The molecule has 0 aliphatic rings. The van der Waals surface area contributed by atoms with Crippen molar-refractivity contribution in [3.63, 3.8) is 0 Å². The van der Waals surface area contributed by atoms with Crippen molar-refractivity contribution in [2.24, 2.45) is 0 Å². The highest BCUT2D eigenvalue weighted by molar-refractivity contribution is 5.84. The average Bonchev–Trinajstić information content (AvgIpc) is 2.70. The predicted molar refractivity (Wildman–Crippen MR) is 123 cm³/mol. The Kier molecular flexibility index (Phi) is 15.5. The minimum Gasteiger partial charge on any atom is -0.480 e. The Morgan fingerprint density at radius 3 is 1.54 bits per heavy atom. The lowest BCUT2D eigenvalue weighted by molar-refractivity contribution is -0.171. The van der Waals surface area contributed by atoms with Gasteiger partial charge in [0.1, 0.15) is 23.3 Å². The van der Waals surface area contributed by atoms with Crippen LogP contribution in [0.3, 0.4) is 0 Å². The van der Waals surface area contributed by atoms with Gasteiger partial charge in [-0.1, -0.05) is 0 Å². The van der Waals surface area contributed by atoms with Crippen molar-refractivity contribution in [2.75, 3.05) is 14.2 Å². The Morgan fingerprint density at radius 2 is 1.23 bits per heavy atom. The third-order valence-corrected chi connectivity index (χ3v) is 3.65. The van der Waals surface area contributed by atoms with Crippen molar-refractivity contribution >= 4 is 24.1 Å². The van der Waals surface area contributed by atoms with Crippen molar-refractivity contribution in [1.29, 1.82) is 10.5 Å². The van der Waals surface area contributed by atoms with E-state index in [1.165, 1.54) is 14.2 Å². The maximum absolute atomic E-state index is 11.9. The Hall–Kier alpha value is -3.58. The largest absolute Gasteiger partial charge is 0.480 e. The summed E-state index contributed by atoms with van der Waals surface area (Å²) in [5.41, 5.74) is -1.33. The van der Waals surface area contributed by atoms with Crippen LogP contribution in [0, 0.1) is 22.7 Å².